The first-order valence-corrected chi connectivity index (χ1v) is 7.93. The number of benzene rings is 1. The Labute approximate surface area is 120 Å². The van der Waals surface area contributed by atoms with E-state index in [4.69, 9.17) is 4.74 Å². The Bertz CT molecular complexity index is 462. The maximum Gasteiger partial charge on any atom is 0.123 e. The van der Waals surface area contributed by atoms with E-state index in [2.05, 4.69) is 12.2 Å². The zero-order chi connectivity index (χ0) is 13.9. The quantitative estimate of drug-likeness (QED) is 0.906. The minimum absolute atomic E-state index is 0.161. The topological polar surface area (TPSA) is 21.3 Å². The third kappa shape index (κ3) is 3.14. The van der Waals surface area contributed by atoms with Gasteiger partial charge >= 0.3 is 0 Å². The average Bonchev–Trinajstić information content (AvgIpc) is 2.87. The van der Waals surface area contributed by atoms with E-state index in [-0.39, 0.29) is 11.9 Å². The van der Waals surface area contributed by atoms with E-state index in [0.29, 0.717) is 6.04 Å². The fourth-order valence-corrected chi connectivity index (χ4v) is 3.55. The van der Waals surface area contributed by atoms with Gasteiger partial charge in [0.15, 0.2) is 0 Å². The number of hydrogen-bond donors (Lipinski definition) is 1. The molecule has 0 saturated heterocycles. The normalized spacial score (nSPS) is 29.0. The largest absolute Gasteiger partial charge is 0.488 e. The molecule has 1 N–H and O–H groups in total. The number of rotatable bonds is 4. The lowest BCUT2D eigenvalue weighted by Crippen LogP contribution is -2.40. The summed E-state index contributed by atoms with van der Waals surface area (Å²) in [5.41, 5.74) is 1.01. The minimum atomic E-state index is -0.168. The van der Waals surface area contributed by atoms with E-state index in [1.807, 2.05) is 0 Å². The van der Waals surface area contributed by atoms with E-state index in [0.717, 1.165) is 30.2 Å². The molecule has 3 atom stereocenters. The molecule has 0 bridgehead atoms. The molecule has 0 spiro atoms. The third-order valence-electron chi connectivity index (χ3n) is 4.76. The van der Waals surface area contributed by atoms with E-state index in [1.54, 1.807) is 12.1 Å². The highest BCUT2D eigenvalue weighted by Gasteiger charge is 2.25. The minimum Gasteiger partial charge on any atom is -0.488 e. The summed E-state index contributed by atoms with van der Waals surface area (Å²) in [4.78, 5) is 0. The van der Waals surface area contributed by atoms with Crippen LogP contribution in [0.5, 0.6) is 5.75 Å². The first kappa shape index (κ1) is 13.9. The molecule has 20 heavy (non-hydrogen) atoms. The molecule has 2 aliphatic rings. The molecular formula is C17H24FNO. The molecule has 3 rings (SSSR count). The fraction of sp³-hybridized carbons (Fsp3) is 0.647. The van der Waals surface area contributed by atoms with Crippen molar-refractivity contribution in [1.82, 2.24) is 5.32 Å². The van der Waals surface area contributed by atoms with Crippen molar-refractivity contribution in [3.05, 3.63) is 29.6 Å². The van der Waals surface area contributed by atoms with Gasteiger partial charge in [-0.15, -0.1) is 0 Å². The van der Waals surface area contributed by atoms with Crippen molar-refractivity contribution in [3.63, 3.8) is 0 Å². The predicted molar refractivity (Wildman–Crippen MR) is 78.6 cm³/mol. The van der Waals surface area contributed by atoms with Crippen LogP contribution in [0.3, 0.4) is 0 Å². The zero-order valence-electron chi connectivity index (χ0n) is 12.2. The summed E-state index contributed by atoms with van der Waals surface area (Å²) in [6, 6.07) is 5.46. The predicted octanol–water partition coefficient (Wildman–Crippen LogP) is 3.69. The van der Waals surface area contributed by atoms with Crippen molar-refractivity contribution in [2.75, 3.05) is 6.54 Å². The van der Waals surface area contributed by atoms with Gasteiger partial charge in [0.1, 0.15) is 17.7 Å². The molecule has 0 amide bonds. The molecule has 1 aliphatic carbocycles. The third-order valence-corrected chi connectivity index (χ3v) is 4.76. The summed E-state index contributed by atoms with van der Waals surface area (Å²) in [6.07, 6.45) is 7.59. The van der Waals surface area contributed by atoms with Crippen molar-refractivity contribution in [2.45, 2.75) is 57.6 Å². The van der Waals surface area contributed by atoms with Crippen LogP contribution >= 0.6 is 0 Å². The van der Waals surface area contributed by atoms with E-state index >= 15 is 0 Å². The second kappa shape index (κ2) is 6.13. The summed E-state index contributed by atoms with van der Waals surface area (Å²) in [6.45, 7) is 3.16. The van der Waals surface area contributed by atoms with Crippen LogP contribution in [0, 0.1) is 11.7 Å². The fourth-order valence-electron chi connectivity index (χ4n) is 3.55. The molecule has 3 unspecified atom stereocenters. The van der Waals surface area contributed by atoms with Gasteiger partial charge in [-0.25, -0.2) is 4.39 Å². The Morgan fingerprint density at radius 2 is 2.25 bits per heavy atom. The van der Waals surface area contributed by atoms with Gasteiger partial charge in [-0.05, 0) is 37.0 Å². The Morgan fingerprint density at radius 3 is 3.10 bits per heavy atom. The standard InChI is InChI=1S/C17H24FNO/c1-2-12-4-3-5-15(8-12)19-11-16-10-13-9-14(18)6-7-17(13)20-16/h6-7,9,12,15-16,19H,2-5,8,10-11H2,1H3. The van der Waals surface area contributed by atoms with Gasteiger partial charge in [0.2, 0.25) is 0 Å². The first-order valence-electron chi connectivity index (χ1n) is 7.93. The van der Waals surface area contributed by atoms with Crippen LogP contribution in [0.1, 0.15) is 44.6 Å². The molecule has 1 heterocycles. The number of nitrogens with one attached hydrogen (secondary N) is 1. The smallest absolute Gasteiger partial charge is 0.123 e. The number of fused-ring (bicyclic) bond motifs is 1. The lowest BCUT2D eigenvalue weighted by atomic mass is 9.84. The number of halogens is 1. The zero-order valence-corrected chi connectivity index (χ0v) is 12.2. The highest BCUT2D eigenvalue weighted by atomic mass is 19.1. The SMILES string of the molecule is CCC1CCCC(NCC2Cc3cc(F)ccc3O2)C1. The Balaban J connectivity index is 1.49. The van der Waals surface area contributed by atoms with Crippen molar-refractivity contribution in [3.8, 4) is 5.75 Å². The molecule has 110 valence electrons. The van der Waals surface area contributed by atoms with Crippen LogP contribution in [-0.4, -0.2) is 18.7 Å². The summed E-state index contributed by atoms with van der Waals surface area (Å²) in [7, 11) is 0. The average molecular weight is 277 g/mol. The number of ether oxygens (including phenoxy) is 1. The van der Waals surface area contributed by atoms with Crippen LogP contribution in [0.2, 0.25) is 0 Å². The first-order chi connectivity index (χ1) is 9.74. The van der Waals surface area contributed by atoms with Gasteiger partial charge in [-0.3, -0.25) is 0 Å². The Morgan fingerprint density at radius 1 is 1.35 bits per heavy atom. The molecule has 1 saturated carbocycles. The summed E-state index contributed by atoms with van der Waals surface area (Å²) in [5, 5.41) is 3.66. The maximum absolute atomic E-state index is 13.2. The molecule has 2 nitrogen and oxygen atoms in total. The van der Waals surface area contributed by atoms with Crippen LogP contribution in [0.15, 0.2) is 18.2 Å². The van der Waals surface area contributed by atoms with Crippen LogP contribution in [0.25, 0.3) is 0 Å². The highest BCUT2D eigenvalue weighted by molar-refractivity contribution is 5.37. The Kier molecular flexibility index (Phi) is 4.25. The molecule has 1 aliphatic heterocycles. The summed E-state index contributed by atoms with van der Waals surface area (Å²) in [5.74, 6) is 1.57. The van der Waals surface area contributed by atoms with Crippen LogP contribution < -0.4 is 10.1 Å². The van der Waals surface area contributed by atoms with Crippen molar-refractivity contribution in [2.24, 2.45) is 5.92 Å². The molecule has 0 aromatic heterocycles. The van der Waals surface area contributed by atoms with Gasteiger partial charge in [0.25, 0.3) is 0 Å². The maximum atomic E-state index is 13.2. The highest BCUT2D eigenvalue weighted by Crippen LogP contribution is 2.30. The van der Waals surface area contributed by atoms with Crippen molar-refractivity contribution >= 4 is 0 Å². The second-order valence-electron chi connectivity index (χ2n) is 6.24. The molecule has 1 fully saturated rings. The lowest BCUT2D eigenvalue weighted by molar-refractivity contribution is 0.203. The molecule has 1 aromatic carbocycles. The molecule has 1 aromatic rings. The van der Waals surface area contributed by atoms with Crippen LogP contribution in [-0.2, 0) is 6.42 Å². The van der Waals surface area contributed by atoms with Gasteiger partial charge in [0, 0.05) is 24.6 Å². The van der Waals surface area contributed by atoms with E-state index in [9.17, 15) is 4.39 Å². The van der Waals surface area contributed by atoms with E-state index < -0.39 is 0 Å². The number of hydrogen-bond acceptors (Lipinski definition) is 2. The Hall–Kier alpha value is -1.09. The molecular weight excluding hydrogens is 253 g/mol. The monoisotopic (exact) mass is 277 g/mol. The lowest BCUT2D eigenvalue weighted by Gasteiger charge is -2.30. The van der Waals surface area contributed by atoms with Crippen molar-refractivity contribution in [1.29, 1.82) is 0 Å². The molecule has 3 heteroatoms. The van der Waals surface area contributed by atoms with Crippen molar-refractivity contribution < 1.29 is 9.13 Å². The van der Waals surface area contributed by atoms with Gasteiger partial charge in [-0.1, -0.05) is 26.2 Å². The summed E-state index contributed by atoms with van der Waals surface area (Å²) >= 11 is 0. The molecule has 0 radical (unpaired) electrons. The van der Waals surface area contributed by atoms with Crippen LogP contribution in [0.4, 0.5) is 4.39 Å². The van der Waals surface area contributed by atoms with Gasteiger partial charge < -0.3 is 10.1 Å². The summed E-state index contributed by atoms with van der Waals surface area (Å²) < 4.78 is 19.1. The second-order valence-corrected chi connectivity index (χ2v) is 6.24. The van der Waals surface area contributed by atoms with Gasteiger partial charge in [-0.2, -0.15) is 0 Å². The van der Waals surface area contributed by atoms with E-state index in [1.165, 1.54) is 38.2 Å². The van der Waals surface area contributed by atoms with Gasteiger partial charge in [0.05, 0.1) is 0 Å².